The minimum absolute atomic E-state index is 0.102. The van der Waals surface area contributed by atoms with E-state index in [4.69, 9.17) is 9.47 Å². The first kappa shape index (κ1) is 23.8. The molecule has 10 heteroatoms. The number of rotatable bonds is 9. The van der Waals surface area contributed by atoms with Crippen LogP contribution in [0.2, 0.25) is 0 Å². The number of aromatic hydroxyl groups is 1. The molecule has 0 aliphatic carbocycles. The predicted molar refractivity (Wildman–Crippen MR) is 112 cm³/mol. The fourth-order valence-corrected chi connectivity index (χ4v) is 3.15. The zero-order valence-corrected chi connectivity index (χ0v) is 17.6. The Balaban J connectivity index is 1.88. The number of aromatic nitrogens is 2. The summed E-state index contributed by atoms with van der Waals surface area (Å²) in [5, 5.41) is 13.2. The van der Waals surface area contributed by atoms with Crippen molar-refractivity contribution in [1.29, 1.82) is 0 Å². The van der Waals surface area contributed by atoms with Gasteiger partial charge in [0, 0.05) is 11.1 Å². The summed E-state index contributed by atoms with van der Waals surface area (Å²) in [5.74, 6) is 0.0307. The van der Waals surface area contributed by atoms with Crippen LogP contribution in [-0.2, 0) is 6.54 Å². The zero-order chi connectivity index (χ0) is 24.1. The summed E-state index contributed by atoms with van der Waals surface area (Å²) in [5.41, 5.74) is -0.138. The van der Waals surface area contributed by atoms with Gasteiger partial charge in [0.25, 0.3) is 12.9 Å². The van der Waals surface area contributed by atoms with Crippen molar-refractivity contribution < 1.29 is 36.9 Å². The van der Waals surface area contributed by atoms with Crippen LogP contribution in [-0.4, -0.2) is 34.9 Å². The van der Waals surface area contributed by atoms with Gasteiger partial charge in [-0.15, -0.1) is 0 Å². The average Bonchev–Trinajstić information content (AvgIpc) is 3.22. The summed E-state index contributed by atoms with van der Waals surface area (Å²) in [6, 6.07) is 9.65. The Hall–Kier alpha value is -3.82. The van der Waals surface area contributed by atoms with E-state index in [0.29, 0.717) is 22.9 Å². The first-order chi connectivity index (χ1) is 15.7. The molecule has 0 saturated heterocycles. The number of carbonyl (C=O) groups is 1. The minimum atomic E-state index is -2.99. The normalized spacial score (nSPS) is 11.5. The smallest absolute Gasteiger partial charge is 0.282 e. The Labute approximate surface area is 186 Å². The lowest BCUT2D eigenvalue weighted by Gasteiger charge is -2.12. The van der Waals surface area contributed by atoms with Crippen LogP contribution in [0.4, 0.5) is 17.6 Å². The minimum Gasteiger partial charge on any atom is -0.504 e. The van der Waals surface area contributed by atoms with Gasteiger partial charge in [-0.2, -0.15) is 5.10 Å². The molecular weight excluding hydrogens is 444 g/mol. The average molecular weight is 464 g/mol. The number of hydrogen-bond acceptors (Lipinski definition) is 5. The van der Waals surface area contributed by atoms with Gasteiger partial charge in [-0.25, -0.2) is 17.6 Å². The summed E-state index contributed by atoms with van der Waals surface area (Å²) in [6.07, 6.45) is -3.17. The molecule has 0 spiro atoms. The lowest BCUT2D eigenvalue weighted by Crippen LogP contribution is -2.08. The number of alkyl halides is 4. The standard InChI is InChI=1S/C23H20F4N2O4/c1-32-20-8-4-13(3-6-18(30)14-5-7-19(31)21(10-14)33-2)9-15(20)12-29-17(23(26)27)11-16(28-29)22(24)25/h3-11,22-23,31H,12H2,1-2H3/b6-3+. The lowest BCUT2D eigenvalue weighted by molar-refractivity contribution is 0.104. The molecular formula is C23H20F4N2O4. The third kappa shape index (κ3) is 5.51. The number of halogens is 4. The van der Waals surface area contributed by atoms with Gasteiger partial charge in [0.05, 0.1) is 20.8 Å². The van der Waals surface area contributed by atoms with Gasteiger partial charge in [-0.1, -0.05) is 12.1 Å². The van der Waals surface area contributed by atoms with Crippen molar-refractivity contribution in [2.75, 3.05) is 14.2 Å². The fourth-order valence-electron chi connectivity index (χ4n) is 3.15. The topological polar surface area (TPSA) is 73.6 Å². The number of phenols is 1. The molecule has 1 N–H and O–H groups in total. The van der Waals surface area contributed by atoms with E-state index in [0.717, 1.165) is 4.68 Å². The number of methoxy groups -OCH3 is 2. The number of carbonyl (C=O) groups excluding carboxylic acids is 1. The number of allylic oxidation sites excluding steroid dienone is 1. The number of ketones is 1. The largest absolute Gasteiger partial charge is 0.504 e. The molecule has 0 atom stereocenters. The van der Waals surface area contributed by atoms with Crippen molar-refractivity contribution >= 4 is 11.9 Å². The van der Waals surface area contributed by atoms with Crippen LogP contribution >= 0.6 is 0 Å². The van der Waals surface area contributed by atoms with Gasteiger partial charge < -0.3 is 14.6 Å². The molecule has 3 rings (SSSR count). The van der Waals surface area contributed by atoms with Gasteiger partial charge in [-0.3, -0.25) is 9.48 Å². The Morgan fingerprint density at radius 1 is 1.03 bits per heavy atom. The Bertz CT molecular complexity index is 1180. The van der Waals surface area contributed by atoms with Crippen molar-refractivity contribution in [1.82, 2.24) is 9.78 Å². The maximum absolute atomic E-state index is 13.3. The zero-order valence-electron chi connectivity index (χ0n) is 17.6. The van der Waals surface area contributed by atoms with E-state index in [1.807, 2.05) is 0 Å². The molecule has 2 aromatic carbocycles. The van der Waals surface area contributed by atoms with Crippen LogP contribution in [0.5, 0.6) is 17.2 Å². The van der Waals surface area contributed by atoms with Gasteiger partial charge in [0.1, 0.15) is 17.1 Å². The molecule has 0 aliphatic heterocycles. The monoisotopic (exact) mass is 464 g/mol. The van der Waals surface area contributed by atoms with E-state index >= 15 is 0 Å². The molecule has 6 nitrogen and oxygen atoms in total. The van der Waals surface area contributed by atoms with Crippen molar-refractivity contribution in [3.63, 3.8) is 0 Å². The quantitative estimate of drug-likeness (QED) is 0.260. The highest BCUT2D eigenvalue weighted by Crippen LogP contribution is 2.29. The van der Waals surface area contributed by atoms with Crippen molar-refractivity contribution in [2.24, 2.45) is 0 Å². The van der Waals surface area contributed by atoms with Crippen molar-refractivity contribution in [3.8, 4) is 17.2 Å². The summed E-state index contributed by atoms with van der Waals surface area (Å²) < 4.78 is 63.6. The van der Waals surface area contributed by atoms with Crippen LogP contribution in [0.25, 0.3) is 6.08 Å². The maximum atomic E-state index is 13.3. The molecule has 3 aromatic rings. The Morgan fingerprint density at radius 2 is 1.76 bits per heavy atom. The van der Waals surface area contributed by atoms with E-state index in [1.165, 1.54) is 44.6 Å². The number of hydrogen-bond donors (Lipinski definition) is 1. The molecule has 174 valence electrons. The fraction of sp³-hybridized carbons (Fsp3) is 0.217. The van der Waals surface area contributed by atoms with E-state index < -0.39 is 24.2 Å². The second kappa shape index (κ2) is 10.2. The predicted octanol–water partition coefficient (Wildman–Crippen LogP) is 5.43. The number of nitrogens with zero attached hydrogens (tertiary/aromatic N) is 2. The number of benzene rings is 2. The van der Waals surface area contributed by atoms with E-state index in [9.17, 15) is 27.5 Å². The molecule has 0 saturated carbocycles. The summed E-state index contributed by atoms with van der Waals surface area (Å²) in [7, 11) is 2.75. The van der Waals surface area contributed by atoms with E-state index in [1.54, 1.807) is 18.2 Å². The molecule has 1 heterocycles. The van der Waals surface area contributed by atoms with E-state index in [-0.39, 0.29) is 29.4 Å². The van der Waals surface area contributed by atoms with Gasteiger partial charge in [-0.05, 0) is 48.0 Å². The Kier molecular flexibility index (Phi) is 7.37. The van der Waals surface area contributed by atoms with Crippen LogP contribution < -0.4 is 9.47 Å². The first-order valence-electron chi connectivity index (χ1n) is 9.63. The molecule has 0 unspecified atom stereocenters. The molecule has 0 amide bonds. The molecule has 1 aromatic heterocycles. The van der Waals surface area contributed by atoms with Crippen LogP contribution in [0.1, 0.15) is 45.7 Å². The highest BCUT2D eigenvalue weighted by molar-refractivity contribution is 6.07. The highest BCUT2D eigenvalue weighted by Gasteiger charge is 2.22. The highest BCUT2D eigenvalue weighted by atomic mass is 19.3. The SMILES string of the molecule is COc1cc(C(=O)/C=C/c2ccc(OC)c(Cn3nc(C(F)F)cc3C(F)F)c2)ccc1O. The Morgan fingerprint density at radius 3 is 2.39 bits per heavy atom. The van der Waals surface area contributed by atoms with Gasteiger partial charge in [0.15, 0.2) is 17.3 Å². The lowest BCUT2D eigenvalue weighted by atomic mass is 10.1. The van der Waals surface area contributed by atoms with Gasteiger partial charge in [0.2, 0.25) is 0 Å². The second-order valence-electron chi connectivity index (χ2n) is 6.91. The molecule has 0 fully saturated rings. The molecule has 0 aliphatic rings. The van der Waals surface area contributed by atoms with Gasteiger partial charge >= 0.3 is 0 Å². The molecule has 0 bridgehead atoms. The van der Waals surface area contributed by atoms with Crippen molar-refractivity contribution in [3.05, 3.63) is 76.6 Å². The summed E-state index contributed by atoms with van der Waals surface area (Å²) in [6.45, 7) is -0.236. The molecule has 0 radical (unpaired) electrons. The third-order valence-electron chi connectivity index (χ3n) is 4.79. The maximum Gasteiger partial charge on any atom is 0.282 e. The summed E-state index contributed by atoms with van der Waals surface area (Å²) >= 11 is 0. The van der Waals surface area contributed by atoms with Crippen LogP contribution in [0.3, 0.4) is 0 Å². The first-order valence-corrected chi connectivity index (χ1v) is 9.63. The molecule has 33 heavy (non-hydrogen) atoms. The number of ether oxygens (including phenoxy) is 2. The van der Waals surface area contributed by atoms with E-state index in [2.05, 4.69) is 5.10 Å². The van der Waals surface area contributed by atoms with Crippen molar-refractivity contribution in [2.45, 2.75) is 19.4 Å². The third-order valence-corrected chi connectivity index (χ3v) is 4.79. The summed E-state index contributed by atoms with van der Waals surface area (Å²) in [4.78, 5) is 12.5. The van der Waals surface area contributed by atoms with Crippen LogP contribution in [0, 0.1) is 0 Å². The number of phenolic OH excluding ortho intramolecular Hbond substituents is 1. The van der Waals surface area contributed by atoms with Crippen LogP contribution in [0.15, 0.2) is 48.5 Å². The second-order valence-corrected chi connectivity index (χ2v) is 6.91.